The van der Waals surface area contributed by atoms with Crippen molar-refractivity contribution in [3.8, 4) is 22.3 Å². The Morgan fingerprint density at radius 2 is 0.865 bits per heavy atom. The molecule has 0 fully saturated rings. The molecule has 0 amide bonds. The highest BCUT2D eigenvalue weighted by molar-refractivity contribution is 7.25. The molecular weight excluding hydrogens is 647 g/mol. The summed E-state index contributed by atoms with van der Waals surface area (Å²) in [7, 11) is 0. The fourth-order valence-corrected chi connectivity index (χ4v) is 9.63. The van der Waals surface area contributed by atoms with E-state index < -0.39 is 0 Å². The van der Waals surface area contributed by atoms with Crippen molar-refractivity contribution in [3.63, 3.8) is 0 Å². The standard InChI is InChI=1S/C48H31BN2S/c1-3-12-36(13-4-1)50-42-18-9-8-17-40(42)49-41-31-35(26-28-43(41)51(37-14-5-2-6-15-37)45-20-11-19-44(50)48(45)49)33-24-22-32(23-25-33)34-27-29-47-39(30-34)38-16-7-10-21-46(38)52-47/h1-31H. The van der Waals surface area contributed by atoms with Gasteiger partial charge in [-0.25, -0.2) is 0 Å². The van der Waals surface area contributed by atoms with Gasteiger partial charge in [-0.1, -0.05) is 121 Å². The van der Waals surface area contributed by atoms with Crippen molar-refractivity contribution < 1.29 is 0 Å². The monoisotopic (exact) mass is 678 g/mol. The topological polar surface area (TPSA) is 6.48 Å². The molecule has 1 aromatic heterocycles. The van der Waals surface area contributed by atoms with Gasteiger partial charge in [-0.2, -0.15) is 0 Å². The van der Waals surface area contributed by atoms with Crippen molar-refractivity contribution in [2.45, 2.75) is 0 Å². The second-order valence-corrected chi connectivity index (χ2v) is 14.8. The molecule has 11 rings (SSSR count). The Morgan fingerprint density at radius 3 is 1.58 bits per heavy atom. The predicted molar refractivity (Wildman–Crippen MR) is 224 cm³/mol. The average molecular weight is 679 g/mol. The van der Waals surface area contributed by atoms with Crippen molar-refractivity contribution in [1.82, 2.24) is 0 Å². The number of anilines is 6. The first kappa shape index (κ1) is 29.4. The molecule has 4 heteroatoms. The van der Waals surface area contributed by atoms with Crippen molar-refractivity contribution in [1.29, 1.82) is 0 Å². The van der Waals surface area contributed by atoms with E-state index in [1.807, 2.05) is 11.3 Å². The summed E-state index contributed by atoms with van der Waals surface area (Å²) < 4.78 is 2.67. The number of hydrogen-bond donors (Lipinski definition) is 0. The number of fused-ring (bicyclic) bond motifs is 7. The van der Waals surface area contributed by atoms with Gasteiger partial charge in [-0.3, -0.25) is 0 Å². The lowest BCUT2D eigenvalue weighted by Crippen LogP contribution is -2.61. The van der Waals surface area contributed by atoms with Crippen molar-refractivity contribution >= 4 is 88.7 Å². The zero-order chi connectivity index (χ0) is 34.2. The van der Waals surface area contributed by atoms with Crippen LogP contribution in [0.1, 0.15) is 0 Å². The summed E-state index contributed by atoms with van der Waals surface area (Å²) in [5, 5.41) is 2.67. The van der Waals surface area contributed by atoms with Crippen molar-refractivity contribution in [3.05, 3.63) is 188 Å². The Bertz CT molecular complexity index is 2790. The van der Waals surface area contributed by atoms with Gasteiger partial charge in [0.1, 0.15) is 0 Å². The molecule has 2 nitrogen and oxygen atoms in total. The van der Waals surface area contributed by atoms with Gasteiger partial charge in [0.25, 0.3) is 6.71 Å². The van der Waals surface area contributed by atoms with Gasteiger partial charge in [0.05, 0.1) is 0 Å². The van der Waals surface area contributed by atoms with E-state index in [-0.39, 0.29) is 6.71 Å². The zero-order valence-corrected chi connectivity index (χ0v) is 29.1. The first-order valence-electron chi connectivity index (χ1n) is 17.9. The molecule has 2 aliphatic rings. The molecular formula is C48H31BN2S. The third-order valence-electron chi connectivity index (χ3n) is 10.9. The third-order valence-corrected chi connectivity index (χ3v) is 12.0. The summed E-state index contributed by atoms with van der Waals surface area (Å²) in [6.07, 6.45) is 0. The molecule has 0 radical (unpaired) electrons. The van der Waals surface area contributed by atoms with E-state index in [0.717, 1.165) is 5.69 Å². The van der Waals surface area contributed by atoms with E-state index in [0.29, 0.717) is 0 Å². The second kappa shape index (κ2) is 11.6. The highest BCUT2D eigenvalue weighted by Crippen LogP contribution is 2.44. The molecule has 0 aliphatic carbocycles. The molecule has 0 atom stereocenters. The van der Waals surface area contributed by atoms with E-state index in [9.17, 15) is 0 Å². The molecule has 0 bridgehead atoms. The molecule has 242 valence electrons. The van der Waals surface area contributed by atoms with Crippen LogP contribution in [0.2, 0.25) is 0 Å². The van der Waals surface area contributed by atoms with Gasteiger partial charge in [0.2, 0.25) is 0 Å². The maximum atomic E-state index is 2.46. The van der Waals surface area contributed by atoms with Gasteiger partial charge in [-0.05, 0) is 105 Å². The first-order valence-corrected chi connectivity index (χ1v) is 18.7. The SMILES string of the molecule is c1ccc(N2c3ccccc3B3c4cc(-c5ccc(-c6ccc7sc8ccccc8c7c6)cc5)ccc4N(c4ccccc4)c4cccc2c43)cc1. The van der Waals surface area contributed by atoms with Crippen LogP contribution < -0.4 is 26.2 Å². The smallest absolute Gasteiger partial charge is 0.252 e. The molecule has 0 unspecified atom stereocenters. The lowest BCUT2D eigenvalue weighted by atomic mass is 9.33. The van der Waals surface area contributed by atoms with Crippen LogP contribution in [0, 0.1) is 0 Å². The summed E-state index contributed by atoms with van der Waals surface area (Å²) >= 11 is 1.87. The molecule has 8 aromatic carbocycles. The number of hydrogen-bond acceptors (Lipinski definition) is 3. The Balaban J connectivity index is 1.07. The number of para-hydroxylation sites is 3. The van der Waals surface area contributed by atoms with Crippen LogP contribution in [-0.2, 0) is 0 Å². The van der Waals surface area contributed by atoms with Crippen LogP contribution in [0.5, 0.6) is 0 Å². The number of thiophene rings is 1. The highest BCUT2D eigenvalue weighted by Gasteiger charge is 2.43. The van der Waals surface area contributed by atoms with E-state index in [4.69, 9.17) is 0 Å². The molecule has 9 aromatic rings. The fourth-order valence-electron chi connectivity index (χ4n) is 8.54. The van der Waals surface area contributed by atoms with Crippen LogP contribution in [0.25, 0.3) is 42.4 Å². The second-order valence-electron chi connectivity index (χ2n) is 13.7. The zero-order valence-electron chi connectivity index (χ0n) is 28.3. The largest absolute Gasteiger partial charge is 0.311 e. The lowest BCUT2D eigenvalue weighted by Gasteiger charge is -2.44. The molecule has 2 aliphatic heterocycles. The number of rotatable bonds is 4. The minimum absolute atomic E-state index is 0.0868. The van der Waals surface area contributed by atoms with Crippen LogP contribution >= 0.6 is 11.3 Å². The Labute approximate surface area is 307 Å². The van der Waals surface area contributed by atoms with Gasteiger partial charge >= 0.3 is 0 Å². The van der Waals surface area contributed by atoms with Crippen LogP contribution in [0.15, 0.2) is 188 Å². The Hall–Kier alpha value is -6.36. The Morgan fingerprint density at radius 1 is 0.346 bits per heavy atom. The first-order chi connectivity index (χ1) is 25.8. The molecule has 0 N–H and O–H groups in total. The summed E-state index contributed by atoms with van der Waals surface area (Å²) in [5.41, 5.74) is 16.1. The quantitative estimate of drug-likeness (QED) is 0.171. The van der Waals surface area contributed by atoms with Crippen LogP contribution in [-0.4, -0.2) is 6.71 Å². The molecule has 0 spiro atoms. The molecule has 52 heavy (non-hydrogen) atoms. The number of benzene rings is 8. The van der Waals surface area contributed by atoms with Gasteiger partial charge < -0.3 is 9.80 Å². The third kappa shape index (κ3) is 4.44. The van der Waals surface area contributed by atoms with Gasteiger partial charge in [-0.15, -0.1) is 11.3 Å². The maximum Gasteiger partial charge on any atom is 0.252 e. The van der Waals surface area contributed by atoms with E-state index in [1.165, 1.54) is 87.3 Å². The molecule has 3 heterocycles. The van der Waals surface area contributed by atoms with E-state index in [1.54, 1.807) is 0 Å². The average Bonchev–Trinajstić information content (AvgIpc) is 3.59. The van der Waals surface area contributed by atoms with E-state index >= 15 is 0 Å². The normalized spacial score (nSPS) is 12.9. The summed E-state index contributed by atoms with van der Waals surface area (Å²) in [4.78, 5) is 4.90. The fraction of sp³-hybridized carbons (Fsp3) is 0. The van der Waals surface area contributed by atoms with E-state index in [2.05, 4.69) is 198 Å². The van der Waals surface area contributed by atoms with Crippen LogP contribution in [0.4, 0.5) is 34.1 Å². The summed E-state index contributed by atoms with van der Waals surface area (Å²) in [5.74, 6) is 0. The van der Waals surface area contributed by atoms with Gasteiger partial charge in [0.15, 0.2) is 0 Å². The van der Waals surface area contributed by atoms with Crippen LogP contribution in [0.3, 0.4) is 0 Å². The minimum Gasteiger partial charge on any atom is -0.311 e. The highest BCUT2D eigenvalue weighted by atomic mass is 32.1. The maximum absolute atomic E-state index is 2.46. The molecule has 0 saturated heterocycles. The Kier molecular flexibility index (Phi) is 6.55. The number of nitrogens with zero attached hydrogens (tertiary/aromatic N) is 2. The predicted octanol–water partition coefficient (Wildman–Crippen LogP) is 11.5. The van der Waals surface area contributed by atoms with Gasteiger partial charge in [0, 0.05) is 54.3 Å². The van der Waals surface area contributed by atoms with Crippen molar-refractivity contribution in [2.75, 3.05) is 9.80 Å². The lowest BCUT2D eigenvalue weighted by molar-refractivity contribution is 1.25. The van der Waals surface area contributed by atoms with Crippen molar-refractivity contribution in [2.24, 2.45) is 0 Å². The summed E-state index contributed by atoms with van der Waals surface area (Å²) in [6, 6.07) is 69.2. The molecule has 0 saturated carbocycles. The minimum atomic E-state index is 0.0868. The summed E-state index contributed by atoms with van der Waals surface area (Å²) in [6.45, 7) is 0.0868.